The average molecular weight is 412 g/mol. The number of aryl methyl sites for hydroxylation is 1. The van der Waals surface area contributed by atoms with Crippen molar-refractivity contribution in [3.8, 4) is 11.8 Å². The van der Waals surface area contributed by atoms with Crippen molar-refractivity contribution in [1.29, 1.82) is 0 Å². The highest BCUT2D eigenvalue weighted by Crippen LogP contribution is 2.34. The van der Waals surface area contributed by atoms with Gasteiger partial charge in [-0.05, 0) is 37.2 Å². The number of β-amino-alcohol motifs (C(OH)–C–C–N with tert-alkyl or cyclic N) is 1. The number of nitrogens with zero attached hydrogens (tertiary/aromatic N) is 6. The summed E-state index contributed by atoms with van der Waals surface area (Å²) in [6.07, 6.45) is 0.566. The highest BCUT2D eigenvalue weighted by Gasteiger charge is 2.33. The maximum atomic E-state index is 14.6. The topological polar surface area (TPSA) is 79.5 Å². The molecule has 3 aromatic rings. The number of aliphatic hydroxyl groups excluding tert-OH is 1. The first-order valence-corrected chi connectivity index (χ1v) is 10.1. The average Bonchev–Trinajstić information content (AvgIpc) is 3.26. The van der Waals surface area contributed by atoms with E-state index in [1.54, 1.807) is 10.9 Å². The predicted molar refractivity (Wildman–Crippen MR) is 111 cm³/mol. The van der Waals surface area contributed by atoms with Gasteiger partial charge in [0.1, 0.15) is 12.0 Å². The SMILES string of the molecule is COc1nc(N2CC(O)C2)cc(-n2ncc3cc(C)c(C4CN(C)CC4F)cc32)n1. The molecule has 8 nitrogen and oxygen atoms in total. The number of benzene rings is 1. The molecule has 0 radical (unpaired) electrons. The molecular weight excluding hydrogens is 387 g/mol. The Kier molecular flexibility index (Phi) is 4.59. The summed E-state index contributed by atoms with van der Waals surface area (Å²) >= 11 is 0. The Labute approximate surface area is 173 Å². The van der Waals surface area contributed by atoms with Gasteiger partial charge in [-0.1, -0.05) is 0 Å². The highest BCUT2D eigenvalue weighted by molar-refractivity contribution is 5.82. The van der Waals surface area contributed by atoms with Gasteiger partial charge in [0.15, 0.2) is 5.82 Å². The third kappa shape index (κ3) is 3.18. The van der Waals surface area contributed by atoms with Crippen LogP contribution in [-0.4, -0.2) is 82.4 Å². The van der Waals surface area contributed by atoms with Gasteiger partial charge in [-0.3, -0.25) is 0 Å². The fraction of sp³-hybridized carbons (Fsp3) is 0.476. The summed E-state index contributed by atoms with van der Waals surface area (Å²) in [5.41, 5.74) is 2.95. The normalized spacial score (nSPS) is 22.6. The van der Waals surface area contributed by atoms with Gasteiger partial charge in [0.2, 0.25) is 0 Å². The van der Waals surface area contributed by atoms with Crippen LogP contribution in [0.3, 0.4) is 0 Å². The predicted octanol–water partition coefficient (Wildman–Crippen LogP) is 1.68. The van der Waals surface area contributed by atoms with Crippen LogP contribution in [0, 0.1) is 6.92 Å². The van der Waals surface area contributed by atoms with Crippen LogP contribution < -0.4 is 9.64 Å². The van der Waals surface area contributed by atoms with E-state index in [-0.39, 0.29) is 18.0 Å². The third-order valence-corrected chi connectivity index (χ3v) is 6.05. The first-order chi connectivity index (χ1) is 14.4. The summed E-state index contributed by atoms with van der Waals surface area (Å²) in [5, 5.41) is 15.1. The maximum Gasteiger partial charge on any atom is 0.320 e. The lowest BCUT2D eigenvalue weighted by Gasteiger charge is -2.36. The highest BCUT2D eigenvalue weighted by atomic mass is 19.1. The number of aliphatic hydroxyl groups is 1. The Hall–Kier alpha value is -2.78. The Morgan fingerprint density at radius 3 is 2.53 bits per heavy atom. The molecule has 0 bridgehead atoms. The van der Waals surface area contributed by atoms with Gasteiger partial charge in [-0.15, -0.1) is 0 Å². The molecule has 2 unspecified atom stereocenters. The molecule has 5 rings (SSSR count). The van der Waals surface area contributed by atoms with Crippen molar-refractivity contribution >= 4 is 16.7 Å². The molecule has 158 valence electrons. The Bertz CT molecular complexity index is 1100. The van der Waals surface area contributed by atoms with Gasteiger partial charge in [0.25, 0.3) is 0 Å². The zero-order valence-electron chi connectivity index (χ0n) is 17.3. The van der Waals surface area contributed by atoms with Gasteiger partial charge < -0.3 is 19.6 Å². The Morgan fingerprint density at radius 2 is 1.87 bits per heavy atom. The van der Waals surface area contributed by atoms with Crippen molar-refractivity contribution in [1.82, 2.24) is 24.6 Å². The van der Waals surface area contributed by atoms with Gasteiger partial charge in [-0.25, -0.2) is 9.07 Å². The molecule has 1 aromatic carbocycles. The number of methoxy groups -OCH3 is 1. The van der Waals surface area contributed by atoms with Crippen LogP contribution in [0.25, 0.3) is 16.7 Å². The summed E-state index contributed by atoms with van der Waals surface area (Å²) in [6, 6.07) is 6.17. The molecule has 1 N–H and O–H groups in total. The van der Waals surface area contributed by atoms with Gasteiger partial charge in [-0.2, -0.15) is 15.1 Å². The van der Waals surface area contributed by atoms with Crippen LogP contribution >= 0.6 is 0 Å². The molecule has 30 heavy (non-hydrogen) atoms. The lowest BCUT2D eigenvalue weighted by Crippen LogP contribution is -2.51. The molecule has 2 saturated heterocycles. The minimum atomic E-state index is -0.883. The van der Waals surface area contributed by atoms with Crippen LogP contribution in [0.15, 0.2) is 24.4 Å². The van der Waals surface area contributed by atoms with Gasteiger partial charge >= 0.3 is 6.01 Å². The fourth-order valence-electron chi connectivity index (χ4n) is 4.43. The standard InChI is InChI=1S/C21H25FN6O2/c1-12-4-13-7-23-28(18(13)5-15(12)16-10-26(2)11-17(16)22)20-6-19(24-21(25-20)30-3)27-8-14(29)9-27/h4-7,14,16-17,29H,8-11H2,1-3H3. The van der Waals surface area contributed by atoms with E-state index in [4.69, 9.17) is 4.74 Å². The van der Waals surface area contributed by atoms with E-state index in [1.165, 1.54) is 7.11 Å². The summed E-state index contributed by atoms with van der Waals surface area (Å²) in [5.74, 6) is 1.10. The van der Waals surface area contributed by atoms with Crippen LogP contribution in [0.5, 0.6) is 6.01 Å². The van der Waals surface area contributed by atoms with Crippen LogP contribution in [0.1, 0.15) is 17.0 Å². The molecular formula is C21H25FN6O2. The summed E-state index contributed by atoms with van der Waals surface area (Å²) < 4.78 is 21.7. The molecule has 2 atom stereocenters. The monoisotopic (exact) mass is 412 g/mol. The van der Waals surface area contributed by atoms with E-state index in [0.29, 0.717) is 37.8 Å². The molecule has 2 fully saturated rings. The second-order valence-corrected chi connectivity index (χ2v) is 8.30. The minimum Gasteiger partial charge on any atom is -0.467 e. The number of rotatable bonds is 4. The maximum absolute atomic E-state index is 14.6. The van der Waals surface area contributed by atoms with Crippen LogP contribution in [0.4, 0.5) is 10.2 Å². The van der Waals surface area contributed by atoms with Crippen molar-refractivity contribution in [2.24, 2.45) is 0 Å². The number of hydrogen-bond donors (Lipinski definition) is 1. The summed E-state index contributed by atoms with van der Waals surface area (Å²) in [4.78, 5) is 12.9. The molecule has 0 amide bonds. The minimum absolute atomic E-state index is 0.152. The van der Waals surface area contributed by atoms with Crippen molar-refractivity contribution in [3.63, 3.8) is 0 Å². The number of halogens is 1. The number of ether oxygens (including phenoxy) is 1. The summed E-state index contributed by atoms with van der Waals surface area (Å²) in [6.45, 7) is 4.23. The van der Waals surface area contributed by atoms with E-state index in [9.17, 15) is 9.50 Å². The second kappa shape index (κ2) is 7.17. The fourth-order valence-corrected chi connectivity index (χ4v) is 4.43. The van der Waals surface area contributed by atoms with Crippen molar-refractivity contribution < 1.29 is 14.2 Å². The largest absolute Gasteiger partial charge is 0.467 e. The quantitative estimate of drug-likeness (QED) is 0.698. The third-order valence-electron chi connectivity index (χ3n) is 6.05. The van der Waals surface area contributed by atoms with Crippen molar-refractivity contribution in [3.05, 3.63) is 35.5 Å². The van der Waals surface area contributed by atoms with E-state index in [2.05, 4.69) is 21.1 Å². The smallest absolute Gasteiger partial charge is 0.320 e. The van der Waals surface area contributed by atoms with Crippen LogP contribution in [-0.2, 0) is 0 Å². The number of hydrogen-bond acceptors (Lipinski definition) is 7. The first kappa shape index (κ1) is 19.2. The molecule has 0 spiro atoms. The van der Waals surface area contributed by atoms with E-state index in [0.717, 1.165) is 22.0 Å². The van der Waals surface area contributed by atoms with Crippen molar-refractivity contribution in [2.75, 3.05) is 45.2 Å². The number of aromatic nitrogens is 4. The number of alkyl halides is 1. The number of likely N-dealkylation sites (N-methyl/N-ethyl adjacent to an activating group) is 1. The van der Waals surface area contributed by atoms with E-state index < -0.39 is 6.17 Å². The number of likely N-dealkylation sites (tertiary alicyclic amines) is 1. The van der Waals surface area contributed by atoms with Gasteiger partial charge in [0, 0.05) is 43.5 Å². The zero-order valence-corrected chi connectivity index (χ0v) is 17.3. The summed E-state index contributed by atoms with van der Waals surface area (Å²) in [7, 11) is 3.47. The first-order valence-electron chi connectivity index (χ1n) is 10.1. The van der Waals surface area contributed by atoms with E-state index in [1.807, 2.05) is 35.9 Å². The Balaban J connectivity index is 1.59. The molecule has 0 aliphatic carbocycles. The van der Waals surface area contributed by atoms with E-state index >= 15 is 0 Å². The molecule has 9 heteroatoms. The van der Waals surface area contributed by atoms with Crippen LogP contribution in [0.2, 0.25) is 0 Å². The lowest BCUT2D eigenvalue weighted by atomic mass is 9.92. The number of fused-ring (bicyclic) bond motifs is 1. The molecule has 2 aromatic heterocycles. The van der Waals surface area contributed by atoms with Gasteiger partial charge in [0.05, 0.1) is 24.9 Å². The zero-order chi connectivity index (χ0) is 21.0. The molecule has 2 aliphatic rings. The number of anilines is 1. The molecule has 4 heterocycles. The second-order valence-electron chi connectivity index (χ2n) is 8.30. The van der Waals surface area contributed by atoms with Crippen molar-refractivity contribution in [2.45, 2.75) is 25.1 Å². The Morgan fingerprint density at radius 1 is 1.10 bits per heavy atom. The molecule has 0 saturated carbocycles. The molecule has 2 aliphatic heterocycles. The lowest BCUT2D eigenvalue weighted by molar-refractivity contribution is 0.141.